The number of nitrogens with zero attached hydrogens (tertiary/aromatic N) is 1. The second kappa shape index (κ2) is 8.54. The van der Waals surface area contributed by atoms with Gasteiger partial charge in [0.2, 0.25) is 5.91 Å². The third-order valence-corrected chi connectivity index (χ3v) is 5.41. The number of hydrogen-bond donors (Lipinski definition) is 2. The molecule has 1 saturated heterocycles. The van der Waals surface area contributed by atoms with Gasteiger partial charge in [-0.3, -0.25) is 4.79 Å². The zero-order valence-electron chi connectivity index (χ0n) is 16.0. The first-order valence-corrected chi connectivity index (χ1v) is 10.1. The Kier molecular flexibility index (Phi) is 5.69. The molecule has 28 heavy (non-hydrogen) atoms. The lowest BCUT2D eigenvalue weighted by molar-refractivity contribution is -0.117. The van der Waals surface area contributed by atoms with E-state index in [0.29, 0.717) is 44.2 Å². The van der Waals surface area contributed by atoms with Gasteiger partial charge < -0.3 is 25.0 Å². The lowest BCUT2D eigenvalue weighted by Crippen LogP contribution is -2.43. The van der Waals surface area contributed by atoms with Crippen LogP contribution in [0.2, 0.25) is 0 Å². The number of carbonyl (C=O) groups is 2. The Balaban J connectivity index is 1.27. The predicted octanol–water partition coefficient (Wildman–Crippen LogP) is 2.75. The molecule has 150 valence electrons. The monoisotopic (exact) mass is 385 g/mol. The molecule has 1 fully saturated rings. The van der Waals surface area contributed by atoms with Crippen LogP contribution in [0.1, 0.15) is 38.5 Å². The molecule has 1 aliphatic carbocycles. The molecule has 0 aromatic heterocycles. The molecule has 0 bridgehead atoms. The first kappa shape index (κ1) is 18.7. The van der Waals surface area contributed by atoms with Gasteiger partial charge in [0.1, 0.15) is 13.2 Å². The summed E-state index contributed by atoms with van der Waals surface area (Å²) in [6.45, 7) is 2.13. The van der Waals surface area contributed by atoms with Crippen molar-refractivity contribution in [1.82, 2.24) is 10.6 Å². The van der Waals surface area contributed by atoms with E-state index in [1.165, 1.54) is 18.4 Å². The molecule has 2 aliphatic heterocycles. The van der Waals surface area contributed by atoms with Crippen LogP contribution in [0.5, 0.6) is 11.5 Å². The van der Waals surface area contributed by atoms with E-state index in [4.69, 9.17) is 9.47 Å². The van der Waals surface area contributed by atoms with Crippen molar-refractivity contribution >= 4 is 17.6 Å². The van der Waals surface area contributed by atoms with Crippen LogP contribution >= 0.6 is 0 Å². The van der Waals surface area contributed by atoms with Gasteiger partial charge >= 0.3 is 6.03 Å². The standard InChI is InChI=1S/C21H27N3O4/c25-20-12-16(23-21(26)22-9-8-15-4-2-1-3-5-15)14-24(20)17-6-7-18-19(13-17)28-11-10-27-18/h4,6-7,13,16H,1-3,5,8-12,14H2,(H2,22,23,26)/t16-/m1/s1. The SMILES string of the molecule is O=C(NCCC1=CCCCC1)N[C@@H]1CC(=O)N(c2ccc3c(c2)OCCO3)C1. The van der Waals surface area contributed by atoms with Gasteiger partial charge in [0.15, 0.2) is 11.5 Å². The smallest absolute Gasteiger partial charge is 0.315 e. The number of anilines is 1. The highest BCUT2D eigenvalue weighted by Gasteiger charge is 2.32. The number of nitrogens with one attached hydrogen (secondary N) is 2. The summed E-state index contributed by atoms with van der Waals surface area (Å²) in [5.41, 5.74) is 2.20. The maximum atomic E-state index is 12.4. The minimum absolute atomic E-state index is 0.00524. The Hall–Kier alpha value is -2.70. The van der Waals surface area contributed by atoms with Crippen LogP contribution < -0.4 is 25.0 Å². The predicted molar refractivity (Wildman–Crippen MR) is 106 cm³/mol. The molecule has 2 heterocycles. The molecule has 3 amide bonds. The molecular formula is C21H27N3O4. The fourth-order valence-electron chi connectivity index (χ4n) is 3.96. The Morgan fingerprint density at radius 3 is 2.86 bits per heavy atom. The van der Waals surface area contributed by atoms with E-state index in [-0.39, 0.29) is 18.0 Å². The molecule has 1 atom stereocenters. The van der Waals surface area contributed by atoms with Crippen LogP contribution in [-0.4, -0.2) is 44.3 Å². The van der Waals surface area contributed by atoms with E-state index >= 15 is 0 Å². The highest BCUT2D eigenvalue weighted by Crippen LogP contribution is 2.35. The quantitative estimate of drug-likeness (QED) is 0.764. The summed E-state index contributed by atoms with van der Waals surface area (Å²) in [6, 6.07) is 5.09. The van der Waals surface area contributed by atoms with Crippen molar-refractivity contribution in [3.8, 4) is 11.5 Å². The second-order valence-electron chi connectivity index (χ2n) is 7.49. The first-order valence-electron chi connectivity index (χ1n) is 10.1. The Morgan fingerprint density at radius 1 is 1.18 bits per heavy atom. The van der Waals surface area contributed by atoms with E-state index < -0.39 is 0 Å². The van der Waals surface area contributed by atoms with Crippen molar-refractivity contribution in [2.45, 2.75) is 44.6 Å². The molecule has 1 aromatic rings. The normalized spacial score (nSPS) is 21.3. The average molecular weight is 385 g/mol. The van der Waals surface area contributed by atoms with Crippen LogP contribution in [0, 0.1) is 0 Å². The number of fused-ring (bicyclic) bond motifs is 1. The maximum absolute atomic E-state index is 12.4. The number of allylic oxidation sites excluding steroid dienone is 1. The fraction of sp³-hybridized carbons (Fsp3) is 0.524. The third-order valence-electron chi connectivity index (χ3n) is 5.41. The van der Waals surface area contributed by atoms with Gasteiger partial charge in [0, 0.05) is 31.3 Å². The number of benzene rings is 1. The molecular weight excluding hydrogens is 358 g/mol. The Bertz CT molecular complexity index is 777. The topological polar surface area (TPSA) is 79.9 Å². The lowest BCUT2D eigenvalue weighted by atomic mass is 9.97. The van der Waals surface area contributed by atoms with Gasteiger partial charge in [0.25, 0.3) is 0 Å². The molecule has 7 nitrogen and oxygen atoms in total. The summed E-state index contributed by atoms with van der Waals surface area (Å²) in [5.74, 6) is 1.35. The molecule has 0 unspecified atom stereocenters. The van der Waals surface area contributed by atoms with Crippen LogP contribution in [-0.2, 0) is 4.79 Å². The lowest BCUT2D eigenvalue weighted by Gasteiger charge is -2.22. The van der Waals surface area contributed by atoms with Crippen molar-refractivity contribution in [1.29, 1.82) is 0 Å². The summed E-state index contributed by atoms with van der Waals surface area (Å²) in [6.07, 6.45) is 8.31. The highest BCUT2D eigenvalue weighted by molar-refractivity contribution is 5.97. The van der Waals surface area contributed by atoms with E-state index in [1.807, 2.05) is 18.2 Å². The van der Waals surface area contributed by atoms with E-state index in [0.717, 1.165) is 24.9 Å². The van der Waals surface area contributed by atoms with Gasteiger partial charge in [-0.25, -0.2) is 4.79 Å². The Morgan fingerprint density at radius 2 is 2.04 bits per heavy atom. The summed E-state index contributed by atoms with van der Waals surface area (Å²) in [5, 5.41) is 5.83. The van der Waals surface area contributed by atoms with Crippen molar-refractivity contribution < 1.29 is 19.1 Å². The number of urea groups is 1. The molecule has 1 aromatic carbocycles. The van der Waals surface area contributed by atoms with Crippen LogP contribution in [0.25, 0.3) is 0 Å². The van der Waals surface area contributed by atoms with E-state index in [2.05, 4.69) is 16.7 Å². The molecule has 0 radical (unpaired) electrons. The summed E-state index contributed by atoms with van der Waals surface area (Å²) in [7, 11) is 0. The molecule has 0 spiro atoms. The van der Waals surface area contributed by atoms with Crippen molar-refractivity contribution in [3.05, 3.63) is 29.8 Å². The molecule has 3 aliphatic rings. The maximum Gasteiger partial charge on any atom is 0.315 e. The Labute approximate surface area is 165 Å². The van der Waals surface area contributed by atoms with Gasteiger partial charge in [-0.15, -0.1) is 0 Å². The number of carbonyl (C=O) groups excluding carboxylic acids is 2. The first-order chi connectivity index (χ1) is 13.7. The molecule has 0 saturated carbocycles. The highest BCUT2D eigenvalue weighted by atomic mass is 16.6. The third kappa shape index (κ3) is 4.40. The van der Waals surface area contributed by atoms with Crippen LogP contribution in [0.15, 0.2) is 29.8 Å². The van der Waals surface area contributed by atoms with Crippen LogP contribution in [0.4, 0.5) is 10.5 Å². The molecule has 4 rings (SSSR count). The molecule has 2 N–H and O–H groups in total. The van der Waals surface area contributed by atoms with Gasteiger partial charge in [-0.1, -0.05) is 11.6 Å². The molecule has 7 heteroatoms. The average Bonchev–Trinajstić information content (AvgIpc) is 3.08. The van der Waals surface area contributed by atoms with E-state index in [9.17, 15) is 9.59 Å². The second-order valence-corrected chi connectivity index (χ2v) is 7.49. The van der Waals surface area contributed by atoms with E-state index in [1.54, 1.807) is 4.90 Å². The minimum atomic E-state index is -0.210. The number of hydrogen-bond acceptors (Lipinski definition) is 4. The van der Waals surface area contributed by atoms with Gasteiger partial charge in [-0.2, -0.15) is 0 Å². The minimum Gasteiger partial charge on any atom is -0.486 e. The number of ether oxygens (including phenoxy) is 2. The zero-order valence-corrected chi connectivity index (χ0v) is 16.0. The summed E-state index contributed by atoms with van der Waals surface area (Å²) in [4.78, 5) is 26.3. The van der Waals surface area contributed by atoms with Crippen molar-refractivity contribution in [2.24, 2.45) is 0 Å². The van der Waals surface area contributed by atoms with Crippen molar-refractivity contribution in [3.63, 3.8) is 0 Å². The number of amides is 3. The summed E-state index contributed by atoms with van der Waals surface area (Å²) >= 11 is 0. The zero-order chi connectivity index (χ0) is 19.3. The van der Waals surface area contributed by atoms with Crippen LogP contribution in [0.3, 0.4) is 0 Å². The van der Waals surface area contributed by atoms with Crippen molar-refractivity contribution in [2.75, 3.05) is 31.2 Å². The number of rotatable bonds is 5. The summed E-state index contributed by atoms with van der Waals surface area (Å²) < 4.78 is 11.1. The van der Waals surface area contributed by atoms with Gasteiger partial charge in [-0.05, 0) is 44.2 Å². The van der Waals surface area contributed by atoms with Gasteiger partial charge in [0.05, 0.1) is 6.04 Å². The largest absolute Gasteiger partial charge is 0.486 e. The fourth-order valence-corrected chi connectivity index (χ4v) is 3.96.